The Hall–Kier alpha value is -1.82. The van der Waals surface area contributed by atoms with Gasteiger partial charge in [-0.15, -0.1) is 0 Å². The molecule has 1 heterocycles. The lowest BCUT2D eigenvalue weighted by molar-refractivity contribution is 0.0595. The van der Waals surface area contributed by atoms with Gasteiger partial charge >= 0.3 is 5.97 Å². The monoisotopic (exact) mass is 479 g/mol. The van der Waals surface area contributed by atoms with Gasteiger partial charge in [0.2, 0.25) is 0 Å². The molecule has 0 aromatic heterocycles. The van der Waals surface area contributed by atoms with E-state index >= 15 is 0 Å². The molecule has 4 rings (SSSR count). The summed E-state index contributed by atoms with van der Waals surface area (Å²) >= 11 is 12.3. The Morgan fingerprint density at radius 3 is 2.34 bits per heavy atom. The van der Waals surface area contributed by atoms with Gasteiger partial charge in [0.1, 0.15) is 11.6 Å². The lowest BCUT2D eigenvalue weighted by Crippen LogP contribution is -2.37. The predicted molar refractivity (Wildman–Crippen MR) is 124 cm³/mol. The third-order valence-electron chi connectivity index (χ3n) is 6.56. The fourth-order valence-electron chi connectivity index (χ4n) is 4.42. The molecule has 0 bridgehead atoms. The molecule has 2 aliphatic rings. The molecule has 0 N–H and O–H groups in total. The normalized spacial score (nSPS) is 18.4. The minimum absolute atomic E-state index is 0.0230. The van der Waals surface area contributed by atoms with E-state index in [9.17, 15) is 9.18 Å². The van der Waals surface area contributed by atoms with Gasteiger partial charge < -0.3 is 9.47 Å². The second kappa shape index (κ2) is 9.98. The van der Waals surface area contributed by atoms with Crippen molar-refractivity contribution in [3.8, 4) is 5.75 Å². The third kappa shape index (κ3) is 5.38. The van der Waals surface area contributed by atoms with E-state index in [4.69, 9.17) is 32.7 Å². The maximum Gasteiger partial charge on any atom is 0.340 e. The zero-order valence-corrected chi connectivity index (χ0v) is 19.9. The maximum absolute atomic E-state index is 14.5. The van der Waals surface area contributed by atoms with Crippen LogP contribution >= 0.6 is 23.2 Å². The summed E-state index contributed by atoms with van der Waals surface area (Å²) in [4.78, 5) is 14.3. The molecule has 2 fully saturated rings. The van der Waals surface area contributed by atoms with Crippen LogP contribution in [0.15, 0.2) is 30.3 Å². The predicted octanol–water partition coefficient (Wildman–Crippen LogP) is 6.65. The highest BCUT2D eigenvalue weighted by Gasteiger charge is 2.30. The number of esters is 1. The first kappa shape index (κ1) is 23.3. The molecular weight excluding hydrogens is 452 g/mol. The van der Waals surface area contributed by atoms with Crippen LogP contribution in [0.4, 0.5) is 4.39 Å². The van der Waals surface area contributed by atoms with Crippen LogP contribution in [0.2, 0.25) is 10.0 Å². The van der Waals surface area contributed by atoms with Crippen molar-refractivity contribution in [1.29, 1.82) is 0 Å². The number of benzene rings is 2. The Morgan fingerprint density at radius 2 is 1.75 bits per heavy atom. The van der Waals surface area contributed by atoms with E-state index in [1.807, 2.05) is 12.1 Å². The fourth-order valence-corrected chi connectivity index (χ4v) is 4.96. The molecule has 32 heavy (non-hydrogen) atoms. The first-order chi connectivity index (χ1) is 15.4. The van der Waals surface area contributed by atoms with E-state index in [1.165, 1.54) is 13.2 Å². The third-order valence-corrected chi connectivity index (χ3v) is 7.00. The zero-order valence-electron chi connectivity index (χ0n) is 18.4. The molecule has 7 heteroatoms. The van der Waals surface area contributed by atoms with Crippen molar-refractivity contribution in [1.82, 2.24) is 4.90 Å². The summed E-state index contributed by atoms with van der Waals surface area (Å²) in [5, 5.41) is 1.30. The molecular formula is C25H28Cl2FNO3. The van der Waals surface area contributed by atoms with Crippen molar-refractivity contribution in [2.45, 2.75) is 44.6 Å². The van der Waals surface area contributed by atoms with Crippen LogP contribution in [0, 0.1) is 11.7 Å². The number of hydrogen-bond donors (Lipinski definition) is 0. The number of ether oxygens (including phenoxy) is 2. The smallest absolute Gasteiger partial charge is 0.340 e. The molecule has 0 amide bonds. The summed E-state index contributed by atoms with van der Waals surface area (Å²) in [6, 6.07) is 8.88. The minimum atomic E-state index is -0.654. The van der Waals surface area contributed by atoms with Crippen LogP contribution in [-0.2, 0) is 4.74 Å². The van der Waals surface area contributed by atoms with Crippen molar-refractivity contribution < 1.29 is 18.7 Å². The van der Waals surface area contributed by atoms with Crippen molar-refractivity contribution in [2.24, 2.45) is 5.92 Å². The average Bonchev–Trinajstić information content (AvgIpc) is 3.61. The zero-order chi connectivity index (χ0) is 22.8. The van der Waals surface area contributed by atoms with Crippen LogP contribution in [-0.4, -0.2) is 37.7 Å². The van der Waals surface area contributed by atoms with Crippen molar-refractivity contribution in [3.05, 3.63) is 62.9 Å². The fraction of sp³-hybridized carbons (Fsp3) is 0.480. The number of piperidine rings is 1. The van der Waals surface area contributed by atoms with Gasteiger partial charge in [0.05, 0.1) is 19.3 Å². The molecule has 172 valence electrons. The molecule has 1 aliphatic carbocycles. The van der Waals surface area contributed by atoms with Gasteiger partial charge in [-0.3, -0.25) is 4.90 Å². The lowest BCUT2D eigenvalue weighted by atomic mass is 9.95. The Bertz CT molecular complexity index is 967. The number of likely N-dealkylation sites (tertiary alicyclic amines) is 1. The first-order valence-electron chi connectivity index (χ1n) is 11.1. The van der Waals surface area contributed by atoms with Gasteiger partial charge in [0.25, 0.3) is 0 Å². The van der Waals surface area contributed by atoms with E-state index in [2.05, 4.69) is 11.8 Å². The van der Waals surface area contributed by atoms with E-state index < -0.39 is 11.8 Å². The van der Waals surface area contributed by atoms with Crippen molar-refractivity contribution in [2.75, 3.05) is 26.8 Å². The molecule has 1 aliphatic heterocycles. The van der Waals surface area contributed by atoms with Crippen LogP contribution in [0.3, 0.4) is 0 Å². The number of nitrogens with zero attached hydrogens (tertiary/aromatic N) is 1. The summed E-state index contributed by atoms with van der Waals surface area (Å²) in [6.07, 6.45) is 4.07. The molecule has 2 aromatic carbocycles. The molecule has 1 unspecified atom stereocenters. The largest absolute Gasteiger partial charge is 0.493 e. The van der Waals surface area contributed by atoms with Gasteiger partial charge in [0.15, 0.2) is 0 Å². The number of halogens is 3. The molecule has 4 nitrogen and oxygen atoms in total. The van der Waals surface area contributed by atoms with E-state index in [-0.39, 0.29) is 11.6 Å². The second-order valence-electron chi connectivity index (χ2n) is 8.80. The Labute approximate surface area is 198 Å². The topological polar surface area (TPSA) is 38.8 Å². The van der Waals surface area contributed by atoms with Crippen molar-refractivity contribution in [3.63, 3.8) is 0 Å². The highest BCUT2D eigenvalue weighted by atomic mass is 35.5. The summed E-state index contributed by atoms with van der Waals surface area (Å²) < 4.78 is 25.3. The number of rotatable bonds is 7. The SMILES string of the molecule is COC(=O)c1cc(C2CC2)c(OCC2CCN(C(C)c3cc(Cl)cc(Cl)c3)CC2)cc1F. The number of carbonyl (C=O) groups is 1. The van der Waals surface area contributed by atoms with Crippen LogP contribution in [0.5, 0.6) is 5.75 Å². The quantitative estimate of drug-likeness (QED) is 0.416. The summed E-state index contributed by atoms with van der Waals surface area (Å²) in [7, 11) is 1.26. The van der Waals surface area contributed by atoms with Crippen LogP contribution in [0.25, 0.3) is 0 Å². The summed E-state index contributed by atoms with van der Waals surface area (Å²) in [6.45, 7) is 4.61. The highest BCUT2D eigenvalue weighted by molar-refractivity contribution is 6.34. The second-order valence-corrected chi connectivity index (χ2v) is 9.68. The summed E-state index contributed by atoms with van der Waals surface area (Å²) in [5.74, 6) is 0.0403. The lowest BCUT2D eigenvalue weighted by Gasteiger charge is -2.36. The molecule has 0 spiro atoms. The Morgan fingerprint density at radius 1 is 1.09 bits per heavy atom. The van der Waals surface area contributed by atoms with Gasteiger partial charge in [-0.25, -0.2) is 9.18 Å². The standard InChI is InChI=1S/C25H28Cl2FNO3/c1-15(18-9-19(26)11-20(27)10-18)29-7-5-16(6-8-29)14-32-24-13-23(28)22(25(30)31-2)12-21(24)17-3-4-17/h9-13,15-17H,3-8,14H2,1-2H3. The number of methoxy groups -OCH3 is 1. The van der Waals surface area contributed by atoms with Crippen LogP contribution < -0.4 is 4.74 Å². The van der Waals surface area contributed by atoms with E-state index in [1.54, 1.807) is 12.1 Å². The van der Waals surface area contributed by atoms with Gasteiger partial charge in [-0.1, -0.05) is 23.2 Å². The Balaban J connectivity index is 1.36. The van der Waals surface area contributed by atoms with Crippen LogP contribution in [0.1, 0.15) is 66.1 Å². The maximum atomic E-state index is 14.5. The van der Waals surface area contributed by atoms with Gasteiger partial charge in [-0.05, 0) is 92.9 Å². The highest BCUT2D eigenvalue weighted by Crippen LogP contribution is 2.45. The van der Waals surface area contributed by atoms with Gasteiger partial charge in [-0.2, -0.15) is 0 Å². The molecule has 1 saturated carbocycles. The average molecular weight is 480 g/mol. The number of hydrogen-bond acceptors (Lipinski definition) is 4. The van der Waals surface area contributed by atoms with E-state index in [0.717, 1.165) is 49.9 Å². The molecule has 1 atom stereocenters. The van der Waals surface area contributed by atoms with Crippen molar-refractivity contribution >= 4 is 29.2 Å². The molecule has 2 aromatic rings. The summed E-state index contributed by atoms with van der Waals surface area (Å²) in [5.41, 5.74) is 2.01. The first-order valence-corrected chi connectivity index (χ1v) is 11.9. The van der Waals surface area contributed by atoms with Gasteiger partial charge in [0, 0.05) is 22.2 Å². The Kier molecular flexibility index (Phi) is 7.28. The molecule has 1 saturated heterocycles. The number of carbonyl (C=O) groups excluding carboxylic acids is 1. The molecule has 0 radical (unpaired) electrons. The minimum Gasteiger partial charge on any atom is -0.493 e. The van der Waals surface area contributed by atoms with E-state index in [0.29, 0.717) is 34.2 Å².